The Morgan fingerprint density at radius 1 is 1.30 bits per heavy atom. The first-order valence-corrected chi connectivity index (χ1v) is 8.70. The SMILES string of the molecule is CC(C)C[C@@H]1NC(=O)N(CC(=O)N[C@@H]2CCC[C@H](C)[C@H]2C)C1=O. The fourth-order valence-electron chi connectivity index (χ4n) is 3.54. The van der Waals surface area contributed by atoms with Gasteiger partial charge in [-0.05, 0) is 30.6 Å². The lowest BCUT2D eigenvalue weighted by Crippen LogP contribution is -2.48. The Morgan fingerprint density at radius 2 is 2.00 bits per heavy atom. The zero-order chi connectivity index (χ0) is 17.1. The van der Waals surface area contributed by atoms with E-state index in [1.807, 2.05) is 13.8 Å². The van der Waals surface area contributed by atoms with E-state index in [-0.39, 0.29) is 24.4 Å². The highest BCUT2D eigenvalue weighted by molar-refractivity contribution is 6.06. The molecule has 6 nitrogen and oxygen atoms in total. The summed E-state index contributed by atoms with van der Waals surface area (Å²) in [5.74, 6) is 0.779. The van der Waals surface area contributed by atoms with E-state index in [2.05, 4.69) is 24.5 Å². The number of nitrogens with zero attached hydrogens (tertiary/aromatic N) is 1. The van der Waals surface area contributed by atoms with Crippen LogP contribution < -0.4 is 10.6 Å². The normalized spacial score (nSPS) is 31.4. The Hall–Kier alpha value is -1.59. The second-order valence-electron chi connectivity index (χ2n) is 7.50. The van der Waals surface area contributed by atoms with Gasteiger partial charge in [-0.3, -0.25) is 14.5 Å². The van der Waals surface area contributed by atoms with Crippen LogP contribution in [-0.4, -0.2) is 41.4 Å². The molecule has 130 valence electrons. The summed E-state index contributed by atoms with van der Waals surface area (Å²) in [5.41, 5.74) is 0. The molecular weight excluding hydrogens is 294 g/mol. The molecule has 0 unspecified atom stereocenters. The molecule has 1 aliphatic carbocycles. The van der Waals surface area contributed by atoms with Gasteiger partial charge in [0.15, 0.2) is 0 Å². The van der Waals surface area contributed by atoms with E-state index in [1.165, 1.54) is 6.42 Å². The van der Waals surface area contributed by atoms with Crippen LogP contribution in [0.25, 0.3) is 0 Å². The van der Waals surface area contributed by atoms with Crippen molar-refractivity contribution in [2.24, 2.45) is 17.8 Å². The molecule has 0 bridgehead atoms. The molecule has 1 saturated carbocycles. The standard InChI is InChI=1S/C17H29N3O3/c1-10(2)8-14-16(22)20(17(23)19-14)9-15(21)18-13-7-5-6-11(3)12(13)4/h10-14H,5-9H2,1-4H3,(H,18,21)(H,19,23)/t11-,12+,13+,14-/m0/s1. The van der Waals surface area contributed by atoms with E-state index in [4.69, 9.17) is 0 Å². The van der Waals surface area contributed by atoms with Gasteiger partial charge in [0.05, 0.1) is 0 Å². The van der Waals surface area contributed by atoms with Crippen molar-refractivity contribution in [2.75, 3.05) is 6.54 Å². The summed E-state index contributed by atoms with van der Waals surface area (Å²) in [7, 11) is 0. The van der Waals surface area contributed by atoms with E-state index in [0.29, 0.717) is 24.2 Å². The molecule has 0 aromatic rings. The topological polar surface area (TPSA) is 78.5 Å². The van der Waals surface area contributed by atoms with Crippen molar-refractivity contribution in [1.82, 2.24) is 15.5 Å². The van der Waals surface area contributed by atoms with Gasteiger partial charge in [-0.25, -0.2) is 4.79 Å². The predicted molar refractivity (Wildman–Crippen MR) is 87.6 cm³/mol. The van der Waals surface area contributed by atoms with Crippen molar-refractivity contribution < 1.29 is 14.4 Å². The molecule has 2 rings (SSSR count). The fourth-order valence-corrected chi connectivity index (χ4v) is 3.54. The third-order valence-electron chi connectivity index (χ3n) is 5.17. The number of carbonyl (C=O) groups excluding carboxylic acids is 3. The first-order chi connectivity index (χ1) is 10.8. The highest BCUT2D eigenvalue weighted by Crippen LogP contribution is 2.29. The van der Waals surface area contributed by atoms with Crippen LogP contribution >= 0.6 is 0 Å². The smallest absolute Gasteiger partial charge is 0.325 e. The lowest BCUT2D eigenvalue weighted by Gasteiger charge is -2.34. The van der Waals surface area contributed by atoms with Gasteiger partial charge in [0.25, 0.3) is 5.91 Å². The van der Waals surface area contributed by atoms with Crippen LogP contribution in [0, 0.1) is 17.8 Å². The number of rotatable bonds is 5. The minimum absolute atomic E-state index is 0.137. The van der Waals surface area contributed by atoms with Crippen LogP contribution in [0.2, 0.25) is 0 Å². The first-order valence-electron chi connectivity index (χ1n) is 8.70. The molecule has 2 fully saturated rings. The fraction of sp³-hybridized carbons (Fsp3) is 0.824. The van der Waals surface area contributed by atoms with Crippen LogP contribution in [0.5, 0.6) is 0 Å². The summed E-state index contributed by atoms with van der Waals surface area (Å²) in [4.78, 5) is 37.5. The minimum atomic E-state index is -0.496. The molecule has 6 heteroatoms. The maximum absolute atomic E-state index is 12.3. The Labute approximate surface area is 138 Å². The molecule has 1 aliphatic heterocycles. The van der Waals surface area contributed by atoms with Crippen LogP contribution in [-0.2, 0) is 9.59 Å². The zero-order valence-electron chi connectivity index (χ0n) is 14.6. The molecule has 1 saturated heterocycles. The lowest BCUT2D eigenvalue weighted by molar-refractivity contribution is -0.133. The monoisotopic (exact) mass is 323 g/mol. The van der Waals surface area contributed by atoms with Gasteiger partial charge in [-0.15, -0.1) is 0 Å². The third kappa shape index (κ3) is 4.24. The van der Waals surface area contributed by atoms with E-state index in [9.17, 15) is 14.4 Å². The average Bonchev–Trinajstić information content (AvgIpc) is 2.71. The number of hydrogen-bond acceptors (Lipinski definition) is 3. The molecule has 0 aromatic carbocycles. The second-order valence-corrected chi connectivity index (χ2v) is 7.50. The summed E-state index contributed by atoms with van der Waals surface area (Å²) in [6.45, 7) is 8.18. The number of imide groups is 1. The van der Waals surface area contributed by atoms with Gasteiger partial charge in [0, 0.05) is 6.04 Å². The van der Waals surface area contributed by atoms with Crippen LogP contribution in [0.3, 0.4) is 0 Å². The highest BCUT2D eigenvalue weighted by Gasteiger charge is 2.39. The number of nitrogens with one attached hydrogen (secondary N) is 2. The van der Waals surface area contributed by atoms with Gasteiger partial charge in [-0.1, -0.05) is 40.5 Å². The molecule has 1 heterocycles. The second kappa shape index (κ2) is 7.32. The minimum Gasteiger partial charge on any atom is -0.352 e. The van der Waals surface area contributed by atoms with Gasteiger partial charge in [-0.2, -0.15) is 0 Å². The summed E-state index contributed by atoms with van der Waals surface area (Å²) in [5, 5.41) is 5.68. The Bertz CT molecular complexity index is 478. The van der Waals surface area contributed by atoms with Crippen molar-refractivity contribution in [3.05, 3.63) is 0 Å². The number of carbonyl (C=O) groups is 3. The Balaban J connectivity index is 1.89. The molecular formula is C17H29N3O3. The van der Waals surface area contributed by atoms with Crippen molar-refractivity contribution in [3.8, 4) is 0 Å². The van der Waals surface area contributed by atoms with Crippen LogP contribution in [0.1, 0.15) is 53.4 Å². The predicted octanol–water partition coefficient (Wildman–Crippen LogP) is 1.89. The van der Waals surface area contributed by atoms with Gasteiger partial charge in [0.2, 0.25) is 5.91 Å². The first kappa shape index (κ1) is 17.8. The molecule has 2 N–H and O–H groups in total. The van der Waals surface area contributed by atoms with Gasteiger partial charge in [0.1, 0.15) is 12.6 Å². The molecule has 0 spiro atoms. The van der Waals surface area contributed by atoms with Crippen molar-refractivity contribution in [2.45, 2.75) is 65.5 Å². The van der Waals surface area contributed by atoms with Crippen molar-refractivity contribution >= 4 is 17.8 Å². The van der Waals surface area contributed by atoms with Crippen molar-refractivity contribution in [3.63, 3.8) is 0 Å². The number of amides is 4. The van der Waals surface area contributed by atoms with E-state index >= 15 is 0 Å². The average molecular weight is 323 g/mol. The Morgan fingerprint density at radius 3 is 2.65 bits per heavy atom. The molecule has 4 amide bonds. The van der Waals surface area contributed by atoms with E-state index in [1.54, 1.807) is 0 Å². The summed E-state index contributed by atoms with van der Waals surface area (Å²) >= 11 is 0. The van der Waals surface area contributed by atoms with Gasteiger partial charge >= 0.3 is 6.03 Å². The Kier molecular flexibility index (Phi) is 5.65. The maximum atomic E-state index is 12.3. The molecule has 23 heavy (non-hydrogen) atoms. The summed E-state index contributed by atoms with van der Waals surface area (Å²) in [6, 6.07) is -0.816. The summed E-state index contributed by atoms with van der Waals surface area (Å²) in [6.07, 6.45) is 3.86. The maximum Gasteiger partial charge on any atom is 0.325 e. The van der Waals surface area contributed by atoms with E-state index < -0.39 is 12.1 Å². The van der Waals surface area contributed by atoms with Crippen molar-refractivity contribution in [1.29, 1.82) is 0 Å². The number of hydrogen-bond donors (Lipinski definition) is 2. The molecule has 0 radical (unpaired) electrons. The lowest BCUT2D eigenvalue weighted by atomic mass is 9.78. The van der Waals surface area contributed by atoms with Crippen LogP contribution in [0.15, 0.2) is 0 Å². The molecule has 2 aliphatic rings. The third-order valence-corrected chi connectivity index (χ3v) is 5.17. The number of urea groups is 1. The van der Waals surface area contributed by atoms with Crippen LogP contribution in [0.4, 0.5) is 4.79 Å². The quantitative estimate of drug-likeness (QED) is 0.758. The molecule has 0 aromatic heterocycles. The van der Waals surface area contributed by atoms with Gasteiger partial charge < -0.3 is 10.6 Å². The zero-order valence-corrected chi connectivity index (χ0v) is 14.6. The largest absolute Gasteiger partial charge is 0.352 e. The summed E-state index contributed by atoms with van der Waals surface area (Å²) < 4.78 is 0. The van der Waals surface area contributed by atoms with E-state index in [0.717, 1.165) is 17.7 Å². The highest BCUT2D eigenvalue weighted by atomic mass is 16.2. The molecule has 4 atom stereocenters.